The summed E-state index contributed by atoms with van der Waals surface area (Å²) in [4.78, 5) is 48.9. The van der Waals surface area contributed by atoms with Gasteiger partial charge < -0.3 is 19.3 Å². The molecule has 2 atom stereocenters. The van der Waals surface area contributed by atoms with E-state index in [1.54, 1.807) is 13.8 Å². The molecule has 0 radical (unpaired) electrons. The molecule has 1 aliphatic rings. The second kappa shape index (κ2) is 9.54. The molecule has 0 aromatic heterocycles. The zero-order valence-corrected chi connectivity index (χ0v) is 17.1. The SMILES string of the molecule is COc1cc(O)c2c(c1OC)CCCC(=O)C(=O)C(=O)CC[C@@H](C)[C@H](C)OC2=O. The lowest BCUT2D eigenvalue weighted by atomic mass is 9.93. The minimum Gasteiger partial charge on any atom is -0.507 e. The molecule has 0 spiro atoms. The van der Waals surface area contributed by atoms with Crippen molar-refractivity contribution in [3.05, 3.63) is 17.2 Å². The molecular formula is C21H26O8. The van der Waals surface area contributed by atoms with Crippen molar-refractivity contribution in [1.82, 2.24) is 0 Å². The first-order chi connectivity index (χ1) is 13.7. The number of hydrogen-bond donors (Lipinski definition) is 1. The number of Topliss-reactive ketones (excluding diaryl/α,β-unsaturated/α-hetero) is 3. The molecular weight excluding hydrogens is 380 g/mol. The predicted molar refractivity (Wildman–Crippen MR) is 102 cm³/mol. The quantitative estimate of drug-likeness (QED) is 0.588. The fraction of sp³-hybridized carbons (Fsp3) is 0.524. The van der Waals surface area contributed by atoms with Crippen molar-refractivity contribution in [3.8, 4) is 17.2 Å². The number of fused-ring (bicyclic) bond motifs is 1. The molecule has 0 bridgehead atoms. The van der Waals surface area contributed by atoms with E-state index < -0.39 is 29.4 Å². The number of carbonyl (C=O) groups is 4. The molecule has 1 N–H and O–H groups in total. The summed E-state index contributed by atoms with van der Waals surface area (Å²) >= 11 is 0. The van der Waals surface area contributed by atoms with Gasteiger partial charge in [0.15, 0.2) is 11.5 Å². The van der Waals surface area contributed by atoms with E-state index in [9.17, 15) is 24.3 Å². The topological polar surface area (TPSA) is 116 Å². The van der Waals surface area contributed by atoms with Crippen LogP contribution < -0.4 is 9.47 Å². The zero-order chi connectivity index (χ0) is 21.7. The third-order valence-electron chi connectivity index (χ3n) is 5.21. The lowest BCUT2D eigenvalue weighted by molar-refractivity contribution is -0.144. The van der Waals surface area contributed by atoms with Crippen LogP contribution in [0.4, 0.5) is 0 Å². The maximum absolute atomic E-state index is 12.8. The number of aromatic hydroxyl groups is 1. The van der Waals surface area contributed by atoms with Gasteiger partial charge in [-0.25, -0.2) is 4.79 Å². The van der Waals surface area contributed by atoms with Gasteiger partial charge >= 0.3 is 5.97 Å². The Morgan fingerprint density at radius 1 is 1.00 bits per heavy atom. The number of benzene rings is 1. The van der Waals surface area contributed by atoms with Crippen LogP contribution in [0.15, 0.2) is 6.07 Å². The maximum atomic E-state index is 12.8. The normalized spacial score (nSPS) is 21.8. The fourth-order valence-corrected chi connectivity index (χ4v) is 3.27. The lowest BCUT2D eigenvalue weighted by Gasteiger charge is -2.23. The standard InChI is InChI=1S/C21H26O8/c1-11-8-9-15(23)19(25)14(22)7-5-6-13-18(21(26)29-12(11)2)16(24)10-17(27-3)20(13)28-4/h10-12,24H,5-9H2,1-4H3/t11-,12+/m1/s1. The van der Waals surface area contributed by atoms with Gasteiger partial charge in [0.05, 0.1) is 14.2 Å². The van der Waals surface area contributed by atoms with E-state index in [1.807, 2.05) is 0 Å². The monoisotopic (exact) mass is 406 g/mol. The maximum Gasteiger partial charge on any atom is 0.342 e. The van der Waals surface area contributed by atoms with Crippen LogP contribution in [-0.2, 0) is 25.5 Å². The summed E-state index contributed by atoms with van der Waals surface area (Å²) < 4.78 is 16.1. The number of rotatable bonds is 2. The minimum atomic E-state index is -1.00. The highest BCUT2D eigenvalue weighted by Crippen LogP contribution is 2.40. The van der Waals surface area contributed by atoms with Gasteiger partial charge in [-0.2, -0.15) is 0 Å². The number of hydrogen-bond acceptors (Lipinski definition) is 8. The summed E-state index contributed by atoms with van der Waals surface area (Å²) in [5.74, 6) is -3.33. The number of ether oxygens (including phenoxy) is 3. The number of cyclic esters (lactones) is 1. The second-order valence-corrected chi connectivity index (χ2v) is 7.14. The highest BCUT2D eigenvalue weighted by atomic mass is 16.5. The number of ketones is 3. The molecule has 0 saturated heterocycles. The van der Waals surface area contributed by atoms with Crippen LogP contribution in [-0.4, -0.2) is 48.7 Å². The third kappa shape index (κ3) is 4.93. The van der Waals surface area contributed by atoms with Gasteiger partial charge in [0.1, 0.15) is 17.4 Å². The van der Waals surface area contributed by atoms with Crippen molar-refractivity contribution < 1.29 is 38.5 Å². The van der Waals surface area contributed by atoms with Crippen molar-refractivity contribution in [2.24, 2.45) is 5.92 Å². The van der Waals surface area contributed by atoms with Gasteiger partial charge in [-0.1, -0.05) is 6.92 Å². The Bertz CT molecular complexity index is 826. The van der Waals surface area contributed by atoms with Crippen LogP contribution in [0, 0.1) is 5.92 Å². The first-order valence-electron chi connectivity index (χ1n) is 9.49. The molecule has 8 heteroatoms. The summed E-state index contributed by atoms with van der Waals surface area (Å²) in [5.41, 5.74) is 0.256. The van der Waals surface area contributed by atoms with Crippen molar-refractivity contribution in [2.45, 2.75) is 52.1 Å². The first-order valence-corrected chi connectivity index (χ1v) is 9.49. The van der Waals surface area contributed by atoms with Gasteiger partial charge in [0.25, 0.3) is 5.78 Å². The predicted octanol–water partition coefficient (Wildman–Crippen LogP) is 2.41. The summed E-state index contributed by atoms with van der Waals surface area (Å²) in [5, 5.41) is 10.4. The average molecular weight is 406 g/mol. The molecule has 1 heterocycles. The molecule has 8 nitrogen and oxygen atoms in total. The number of phenolic OH excluding ortho intramolecular Hbond substituents is 1. The second-order valence-electron chi connectivity index (χ2n) is 7.14. The van der Waals surface area contributed by atoms with Crippen LogP contribution in [0.3, 0.4) is 0 Å². The third-order valence-corrected chi connectivity index (χ3v) is 5.21. The molecule has 29 heavy (non-hydrogen) atoms. The number of carbonyl (C=O) groups excluding carboxylic acids is 4. The van der Waals surface area contributed by atoms with E-state index >= 15 is 0 Å². The Balaban J connectivity index is 2.52. The summed E-state index contributed by atoms with van der Waals surface area (Å²) in [6, 6.07) is 1.27. The van der Waals surface area contributed by atoms with Crippen LogP contribution in [0.5, 0.6) is 17.2 Å². The Morgan fingerprint density at radius 2 is 1.66 bits per heavy atom. The van der Waals surface area contributed by atoms with Gasteiger partial charge in [0.2, 0.25) is 11.6 Å². The Morgan fingerprint density at radius 3 is 2.28 bits per heavy atom. The molecule has 158 valence electrons. The van der Waals surface area contributed by atoms with E-state index in [4.69, 9.17) is 14.2 Å². The number of methoxy groups -OCH3 is 2. The summed E-state index contributed by atoms with van der Waals surface area (Å²) in [6.07, 6.45) is -0.226. The highest BCUT2D eigenvalue weighted by molar-refractivity contribution is 6.63. The summed E-state index contributed by atoms with van der Waals surface area (Å²) in [6.45, 7) is 3.45. The Kier molecular flexibility index (Phi) is 7.36. The molecule has 0 fully saturated rings. The molecule has 1 aromatic rings. The van der Waals surface area contributed by atoms with Crippen molar-refractivity contribution in [3.63, 3.8) is 0 Å². The lowest BCUT2D eigenvalue weighted by Crippen LogP contribution is -2.27. The Labute approximate surface area is 169 Å². The van der Waals surface area contributed by atoms with Crippen molar-refractivity contribution >= 4 is 23.3 Å². The van der Waals surface area contributed by atoms with E-state index in [-0.39, 0.29) is 60.8 Å². The zero-order valence-electron chi connectivity index (χ0n) is 17.1. The van der Waals surface area contributed by atoms with Gasteiger partial charge in [0, 0.05) is 24.5 Å². The van der Waals surface area contributed by atoms with Gasteiger partial charge in [-0.05, 0) is 32.1 Å². The summed E-state index contributed by atoms with van der Waals surface area (Å²) in [7, 11) is 2.78. The minimum absolute atomic E-state index is 0.0615. The van der Waals surface area contributed by atoms with E-state index in [0.717, 1.165) is 0 Å². The van der Waals surface area contributed by atoms with Gasteiger partial charge in [-0.3, -0.25) is 14.4 Å². The van der Waals surface area contributed by atoms with Crippen molar-refractivity contribution in [1.29, 1.82) is 0 Å². The fourth-order valence-electron chi connectivity index (χ4n) is 3.27. The smallest absolute Gasteiger partial charge is 0.342 e. The van der Waals surface area contributed by atoms with Crippen LogP contribution in [0.25, 0.3) is 0 Å². The number of phenols is 1. The first kappa shape index (κ1) is 22.4. The van der Waals surface area contributed by atoms with Crippen LogP contribution in [0.2, 0.25) is 0 Å². The highest BCUT2D eigenvalue weighted by Gasteiger charge is 2.30. The largest absolute Gasteiger partial charge is 0.507 e. The molecule has 1 aromatic carbocycles. The molecule has 1 aliphatic heterocycles. The van der Waals surface area contributed by atoms with E-state index in [1.165, 1.54) is 20.3 Å². The van der Waals surface area contributed by atoms with E-state index in [2.05, 4.69) is 0 Å². The number of esters is 1. The molecule has 0 unspecified atom stereocenters. The molecule has 0 aliphatic carbocycles. The van der Waals surface area contributed by atoms with Crippen LogP contribution >= 0.6 is 0 Å². The molecule has 2 rings (SSSR count). The van der Waals surface area contributed by atoms with Crippen LogP contribution in [0.1, 0.15) is 55.5 Å². The Hall–Kier alpha value is -2.90. The molecule has 0 amide bonds. The van der Waals surface area contributed by atoms with E-state index in [0.29, 0.717) is 5.56 Å². The van der Waals surface area contributed by atoms with Gasteiger partial charge in [-0.15, -0.1) is 0 Å². The molecule has 0 saturated carbocycles. The van der Waals surface area contributed by atoms with Crippen molar-refractivity contribution in [2.75, 3.05) is 14.2 Å². The average Bonchev–Trinajstić information content (AvgIpc) is 2.69.